The minimum atomic E-state index is 0.730. The van der Waals surface area contributed by atoms with Gasteiger partial charge in [0, 0.05) is 22.7 Å². The Morgan fingerprint density at radius 3 is 1.59 bits per heavy atom. The zero-order valence-electron chi connectivity index (χ0n) is 15.3. The molecule has 3 heterocycles. The molecule has 7 heteroatoms. The molecule has 8 bridgehead atoms. The summed E-state index contributed by atoms with van der Waals surface area (Å²) in [6.07, 6.45) is 0. The fraction of sp³-hybridized carbons (Fsp3) is 0. The smallest absolute Gasteiger partial charge is 0.147 e. The van der Waals surface area contributed by atoms with Gasteiger partial charge in [-0.1, -0.05) is 18.2 Å². The van der Waals surface area contributed by atoms with Gasteiger partial charge in [0.2, 0.25) is 0 Å². The Bertz CT molecular complexity index is 1190. The number of aromatic nitrogens is 2. The van der Waals surface area contributed by atoms with E-state index in [9.17, 15) is 0 Å². The van der Waals surface area contributed by atoms with E-state index in [1.54, 1.807) is 0 Å². The van der Waals surface area contributed by atoms with Gasteiger partial charge < -0.3 is 21.3 Å². The quantitative estimate of drug-likeness (QED) is 0.217. The summed E-state index contributed by atoms with van der Waals surface area (Å²) in [4.78, 5) is 9.37. The van der Waals surface area contributed by atoms with Crippen LogP contribution < -0.4 is 21.3 Å². The molecule has 1 aliphatic rings. The molecule has 0 saturated carbocycles. The second kappa shape index (κ2) is 7.44. The first kappa shape index (κ1) is 17.5. The summed E-state index contributed by atoms with van der Waals surface area (Å²) in [5, 5.41) is 13.5. The van der Waals surface area contributed by atoms with Crippen LogP contribution in [0.3, 0.4) is 0 Å². The maximum absolute atomic E-state index is 4.71. The van der Waals surface area contributed by atoms with Gasteiger partial charge in [-0.05, 0) is 76.6 Å². The highest BCUT2D eigenvalue weighted by atomic mass is 79.9. The first-order chi connectivity index (χ1) is 14.2. The number of benzene rings is 2. The number of fused-ring (bicyclic) bond motifs is 8. The van der Waals surface area contributed by atoms with Crippen molar-refractivity contribution in [1.29, 1.82) is 0 Å². The van der Waals surface area contributed by atoms with Crippen molar-refractivity contribution in [3.8, 4) is 0 Å². The number of nitrogens with one attached hydrogen (secondary N) is 4. The van der Waals surface area contributed by atoms with Gasteiger partial charge >= 0.3 is 0 Å². The molecule has 5 rings (SSSR count). The van der Waals surface area contributed by atoms with Crippen LogP contribution in [0.5, 0.6) is 0 Å². The van der Waals surface area contributed by atoms with Crippen LogP contribution in [0.4, 0.5) is 46.0 Å². The summed E-state index contributed by atoms with van der Waals surface area (Å²) in [7, 11) is 0. The first-order valence-electron chi connectivity index (χ1n) is 9.13. The number of nitrogens with zero attached hydrogens (tertiary/aromatic N) is 2. The molecule has 0 saturated heterocycles. The Balaban J connectivity index is 1.62. The molecule has 2 aromatic heterocycles. The van der Waals surface area contributed by atoms with Gasteiger partial charge in [-0.15, -0.1) is 0 Å². The van der Waals surface area contributed by atoms with E-state index in [4.69, 9.17) is 4.98 Å². The molecule has 142 valence electrons. The van der Waals surface area contributed by atoms with E-state index >= 15 is 0 Å². The molecule has 29 heavy (non-hydrogen) atoms. The second-order valence-corrected chi connectivity index (χ2v) is 7.45. The van der Waals surface area contributed by atoms with E-state index in [1.165, 1.54) is 0 Å². The van der Waals surface area contributed by atoms with Gasteiger partial charge in [-0.25, -0.2) is 9.97 Å². The van der Waals surface area contributed by atoms with Crippen molar-refractivity contribution in [2.24, 2.45) is 0 Å². The fourth-order valence-corrected chi connectivity index (χ4v) is 3.42. The highest BCUT2D eigenvalue weighted by Crippen LogP contribution is 2.30. The molecule has 4 N–H and O–H groups in total. The van der Waals surface area contributed by atoms with Gasteiger partial charge in [-0.2, -0.15) is 0 Å². The van der Waals surface area contributed by atoms with E-state index in [0.717, 1.165) is 50.5 Å². The topological polar surface area (TPSA) is 73.9 Å². The lowest BCUT2D eigenvalue weighted by molar-refractivity contribution is 1.27. The van der Waals surface area contributed by atoms with Gasteiger partial charge in [0.1, 0.15) is 23.3 Å². The molecular weight excluding hydrogens is 428 g/mol. The molecule has 0 unspecified atom stereocenters. The molecule has 0 fully saturated rings. The Morgan fingerprint density at radius 1 is 0.517 bits per heavy atom. The molecular formula is C22H17BrN6. The van der Waals surface area contributed by atoms with Crippen LogP contribution in [0.2, 0.25) is 0 Å². The third-order valence-corrected chi connectivity index (χ3v) is 5.04. The highest BCUT2D eigenvalue weighted by molar-refractivity contribution is 9.10. The molecule has 1 aliphatic heterocycles. The van der Waals surface area contributed by atoms with Crippen molar-refractivity contribution >= 4 is 62.0 Å². The summed E-state index contributed by atoms with van der Waals surface area (Å²) >= 11 is 3.58. The largest absolute Gasteiger partial charge is 0.340 e. The lowest BCUT2D eigenvalue weighted by Crippen LogP contribution is -2.02. The van der Waals surface area contributed by atoms with Gasteiger partial charge in [0.05, 0.1) is 4.47 Å². The highest BCUT2D eigenvalue weighted by Gasteiger charge is 2.08. The molecule has 2 aromatic carbocycles. The van der Waals surface area contributed by atoms with Crippen LogP contribution in [-0.2, 0) is 0 Å². The lowest BCUT2D eigenvalue weighted by atomic mass is 10.2. The summed E-state index contributed by atoms with van der Waals surface area (Å²) in [5.41, 5.74) is 3.71. The standard InChI is InChI=1S/C22H17BrN6/c23-18-10-11-21-26-15-5-1-4-14(12-15)24-19-8-3-9-20(28-19)25-16-6-2-7-17(13-16)27-22(18)29-21/h1-13H,(H2,24,25,28)(H2,26,27,29). The van der Waals surface area contributed by atoms with Crippen molar-refractivity contribution in [2.75, 3.05) is 21.3 Å². The summed E-state index contributed by atoms with van der Waals surface area (Å²) in [6.45, 7) is 0. The first-order valence-corrected chi connectivity index (χ1v) is 9.92. The number of hydrogen-bond acceptors (Lipinski definition) is 6. The number of hydrogen-bond donors (Lipinski definition) is 4. The minimum absolute atomic E-state index is 0.730. The average molecular weight is 445 g/mol. The van der Waals surface area contributed by atoms with E-state index < -0.39 is 0 Å². The third kappa shape index (κ3) is 4.00. The van der Waals surface area contributed by atoms with Crippen LogP contribution in [-0.4, -0.2) is 9.97 Å². The third-order valence-electron chi connectivity index (χ3n) is 4.40. The molecule has 6 nitrogen and oxygen atoms in total. The molecule has 0 aliphatic carbocycles. The van der Waals surface area contributed by atoms with Gasteiger partial charge in [-0.3, -0.25) is 0 Å². The molecule has 4 aromatic rings. The average Bonchev–Trinajstić information content (AvgIpc) is 2.71. The van der Waals surface area contributed by atoms with Crippen molar-refractivity contribution in [1.82, 2.24) is 9.97 Å². The number of halogens is 1. The normalized spacial score (nSPS) is 12.0. The van der Waals surface area contributed by atoms with Crippen molar-refractivity contribution in [2.45, 2.75) is 0 Å². The Kier molecular flexibility index (Phi) is 4.50. The van der Waals surface area contributed by atoms with E-state index in [1.807, 2.05) is 78.9 Å². The van der Waals surface area contributed by atoms with Crippen LogP contribution in [0.25, 0.3) is 0 Å². The Labute approximate surface area is 176 Å². The Hall–Kier alpha value is -3.58. The molecule has 0 radical (unpaired) electrons. The summed E-state index contributed by atoms with van der Waals surface area (Å²) < 4.78 is 0.882. The lowest BCUT2D eigenvalue weighted by Gasteiger charge is -2.15. The number of pyridine rings is 2. The maximum atomic E-state index is 4.71. The van der Waals surface area contributed by atoms with Crippen LogP contribution in [0, 0.1) is 0 Å². The number of rotatable bonds is 0. The maximum Gasteiger partial charge on any atom is 0.147 e. The molecule has 0 spiro atoms. The predicted octanol–water partition coefficient (Wildman–Crippen LogP) is 6.53. The van der Waals surface area contributed by atoms with E-state index in [0.29, 0.717) is 0 Å². The summed E-state index contributed by atoms with van der Waals surface area (Å²) in [5.74, 6) is 3.00. The van der Waals surface area contributed by atoms with Crippen LogP contribution in [0.15, 0.2) is 83.3 Å². The molecule has 0 atom stereocenters. The van der Waals surface area contributed by atoms with Crippen LogP contribution >= 0.6 is 15.9 Å². The van der Waals surface area contributed by atoms with Crippen molar-refractivity contribution in [3.63, 3.8) is 0 Å². The van der Waals surface area contributed by atoms with Gasteiger partial charge in [0.25, 0.3) is 0 Å². The monoisotopic (exact) mass is 444 g/mol. The van der Waals surface area contributed by atoms with Gasteiger partial charge in [0.15, 0.2) is 0 Å². The molecule has 0 amide bonds. The summed E-state index contributed by atoms with van der Waals surface area (Å²) in [6, 6.07) is 25.8. The fourth-order valence-electron chi connectivity index (χ4n) is 3.10. The Morgan fingerprint density at radius 2 is 1.00 bits per heavy atom. The van der Waals surface area contributed by atoms with Crippen LogP contribution in [0.1, 0.15) is 0 Å². The van der Waals surface area contributed by atoms with E-state index in [2.05, 4.69) is 42.2 Å². The van der Waals surface area contributed by atoms with Crippen molar-refractivity contribution < 1.29 is 0 Å². The van der Waals surface area contributed by atoms with Crippen molar-refractivity contribution in [3.05, 3.63) is 83.3 Å². The second-order valence-electron chi connectivity index (χ2n) is 6.60. The predicted molar refractivity (Wildman–Crippen MR) is 122 cm³/mol. The minimum Gasteiger partial charge on any atom is -0.340 e. The SMILES string of the molecule is Brc1ccc2nc1Nc1cccc(c1)Nc1cccc(n1)Nc1cccc(c1)N2. The zero-order chi connectivity index (χ0) is 19.6. The van der Waals surface area contributed by atoms with E-state index in [-0.39, 0.29) is 0 Å². The zero-order valence-corrected chi connectivity index (χ0v) is 16.9. The number of anilines is 8.